The van der Waals surface area contributed by atoms with Crippen LogP contribution in [0.3, 0.4) is 0 Å². The second kappa shape index (κ2) is 8.30. The molecule has 0 spiro atoms. The van der Waals surface area contributed by atoms with Crippen molar-refractivity contribution in [3.05, 3.63) is 35.4 Å². The Morgan fingerprint density at radius 1 is 1.36 bits per heavy atom. The highest BCUT2D eigenvalue weighted by Gasteiger charge is 2.19. The molecule has 0 radical (unpaired) electrons. The number of nitrogens with zero attached hydrogens (tertiary/aromatic N) is 1. The van der Waals surface area contributed by atoms with Gasteiger partial charge in [0.05, 0.1) is 12.6 Å². The number of benzene rings is 1. The lowest BCUT2D eigenvalue weighted by molar-refractivity contribution is -0.122. The third-order valence-corrected chi connectivity index (χ3v) is 4.23. The van der Waals surface area contributed by atoms with Crippen LogP contribution >= 0.6 is 0 Å². The van der Waals surface area contributed by atoms with Crippen molar-refractivity contribution >= 4 is 5.91 Å². The van der Waals surface area contributed by atoms with Gasteiger partial charge in [-0.25, -0.2) is 0 Å². The summed E-state index contributed by atoms with van der Waals surface area (Å²) in [5, 5.41) is 12.6. The van der Waals surface area contributed by atoms with E-state index >= 15 is 0 Å². The fourth-order valence-electron chi connectivity index (χ4n) is 2.85. The number of rotatable bonds is 6. The van der Waals surface area contributed by atoms with E-state index in [0.717, 1.165) is 25.8 Å². The molecule has 0 saturated carbocycles. The molecule has 0 bridgehead atoms. The second-order valence-electron chi connectivity index (χ2n) is 6.53. The van der Waals surface area contributed by atoms with E-state index in [1.54, 1.807) is 0 Å². The van der Waals surface area contributed by atoms with Gasteiger partial charge in [-0.05, 0) is 42.9 Å². The molecule has 1 unspecified atom stereocenters. The average molecular weight is 304 g/mol. The first-order valence-corrected chi connectivity index (χ1v) is 8.30. The van der Waals surface area contributed by atoms with Gasteiger partial charge in [-0.3, -0.25) is 9.69 Å². The molecule has 1 atom stereocenters. The van der Waals surface area contributed by atoms with E-state index < -0.39 is 0 Å². The zero-order chi connectivity index (χ0) is 15.9. The van der Waals surface area contributed by atoms with Gasteiger partial charge in [0.25, 0.3) is 0 Å². The topological polar surface area (TPSA) is 52.6 Å². The Kier molecular flexibility index (Phi) is 6.40. The lowest BCUT2D eigenvalue weighted by Crippen LogP contribution is -2.44. The van der Waals surface area contributed by atoms with Crippen LogP contribution in [0, 0.1) is 0 Å². The van der Waals surface area contributed by atoms with Gasteiger partial charge in [-0.15, -0.1) is 0 Å². The molecule has 2 N–H and O–H groups in total. The van der Waals surface area contributed by atoms with Crippen molar-refractivity contribution in [2.75, 3.05) is 26.2 Å². The van der Waals surface area contributed by atoms with E-state index in [-0.39, 0.29) is 12.0 Å². The van der Waals surface area contributed by atoms with Crippen molar-refractivity contribution in [1.29, 1.82) is 0 Å². The van der Waals surface area contributed by atoms with Gasteiger partial charge in [0.2, 0.25) is 5.91 Å². The first-order chi connectivity index (χ1) is 10.5. The molecule has 4 nitrogen and oxygen atoms in total. The van der Waals surface area contributed by atoms with Gasteiger partial charge >= 0.3 is 0 Å². The van der Waals surface area contributed by atoms with Crippen LogP contribution in [0.1, 0.15) is 43.7 Å². The summed E-state index contributed by atoms with van der Waals surface area (Å²) in [6, 6.07) is 8.61. The van der Waals surface area contributed by atoms with Crippen LogP contribution in [0.15, 0.2) is 24.3 Å². The molecular weight excluding hydrogens is 276 g/mol. The van der Waals surface area contributed by atoms with E-state index in [9.17, 15) is 9.90 Å². The molecule has 0 aromatic heterocycles. The molecule has 1 aliphatic rings. The van der Waals surface area contributed by atoms with Crippen LogP contribution < -0.4 is 5.32 Å². The maximum absolute atomic E-state index is 11.9. The third-order valence-electron chi connectivity index (χ3n) is 4.23. The van der Waals surface area contributed by atoms with Crippen molar-refractivity contribution < 1.29 is 9.90 Å². The lowest BCUT2D eigenvalue weighted by Gasteiger charge is -2.29. The zero-order valence-corrected chi connectivity index (χ0v) is 13.7. The summed E-state index contributed by atoms with van der Waals surface area (Å²) in [7, 11) is 0. The standard InChI is InChI=1S/C18H28N2O2/c1-14(2)16-7-5-15(6-8-16)9-10-19-18(22)13-20-11-3-4-17(21)12-20/h5-8,14,17,21H,3-4,9-13H2,1-2H3,(H,19,22). The summed E-state index contributed by atoms with van der Waals surface area (Å²) in [5.41, 5.74) is 2.59. The number of aliphatic hydroxyl groups is 1. The number of carbonyl (C=O) groups is 1. The Bertz CT molecular complexity index is 470. The molecule has 1 amide bonds. The SMILES string of the molecule is CC(C)c1ccc(CCNC(=O)CN2CCCC(O)C2)cc1. The maximum Gasteiger partial charge on any atom is 0.234 e. The fourth-order valence-corrected chi connectivity index (χ4v) is 2.85. The van der Waals surface area contributed by atoms with Gasteiger partial charge in [0, 0.05) is 13.1 Å². The summed E-state index contributed by atoms with van der Waals surface area (Å²) in [6.45, 7) is 6.95. The highest BCUT2D eigenvalue weighted by Crippen LogP contribution is 2.14. The molecule has 122 valence electrons. The van der Waals surface area contributed by atoms with Crippen molar-refractivity contribution in [2.45, 2.75) is 45.1 Å². The molecule has 1 aromatic rings. The molecule has 22 heavy (non-hydrogen) atoms. The molecule has 0 aliphatic carbocycles. The molecule has 2 rings (SSSR count). The molecule has 1 aromatic carbocycles. The van der Waals surface area contributed by atoms with Crippen LogP contribution in [0.4, 0.5) is 0 Å². The van der Waals surface area contributed by atoms with Crippen molar-refractivity contribution in [1.82, 2.24) is 10.2 Å². The zero-order valence-electron chi connectivity index (χ0n) is 13.7. The van der Waals surface area contributed by atoms with Gasteiger partial charge in [-0.1, -0.05) is 38.1 Å². The van der Waals surface area contributed by atoms with Crippen molar-refractivity contribution in [3.8, 4) is 0 Å². The number of amides is 1. The normalized spacial score (nSPS) is 19.4. The van der Waals surface area contributed by atoms with Crippen molar-refractivity contribution in [2.24, 2.45) is 0 Å². The minimum absolute atomic E-state index is 0.0490. The summed E-state index contributed by atoms with van der Waals surface area (Å²) in [5.74, 6) is 0.599. The average Bonchev–Trinajstić information content (AvgIpc) is 2.47. The minimum atomic E-state index is -0.277. The Balaban J connectivity index is 1.68. The summed E-state index contributed by atoms with van der Waals surface area (Å²) in [4.78, 5) is 13.9. The minimum Gasteiger partial charge on any atom is -0.392 e. The molecule has 4 heteroatoms. The van der Waals surface area contributed by atoms with Crippen LogP contribution in [-0.2, 0) is 11.2 Å². The van der Waals surface area contributed by atoms with Crippen LogP contribution in [0.5, 0.6) is 0 Å². The number of carbonyl (C=O) groups excluding carboxylic acids is 1. The summed E-state index contributed by atoms with van der Waals surface area (Å²) < 4.78 is 0. The molecular formula is C18H28N2O2. The highest BCUT2D eigenvalue weighted by atomic mass is 16.3. The monoisotopic (exact) mass is 304 g/mol. The number of hydrogen-bond acceptors (Lipinski definition) is 3. The molecule has 1 fully saturated rings. The van der Waals surface area contributed by atoms with E-state index in [1.165, 1.54) is 11.1 Å². The predicted molar refractivity (Wildman–Crippen MR) is 88.9 cm³/mol. The van der Waals surface area contributed by atoms with E-state index in [0.29, 0.717) is 25.6 Å². The lowest BCUT2D eigenvalue weighted by atomic mass is 10.0. The Hall–Kier alpha value is -1.39. The number of β-amino-alcohol motifs (C(OH)–C–C–N with tert-alkyl or cyclic N) is 1. The smallest absolute Gasteiger partial charge is 0.234 e. The highest BCUT2D eigenvalue weighted by molar-refractivity contribution is 5.78. The molecule has 1 heterocycles. The molecule has 1 aliphatic heterocycles. The summed E-state index contributed by atoms with van der Waals surface area (Å²) >= 11 is 0. The first kappa shape index (κ1) is 17.0. The number of nitrogens with one attached hydrogen (secondary N) is 1. The second-order valence-corrected chi connectivity index (χ2v) is 6.53. The Labute approximate surface area is 133 Å². The van der Waals surface area contributed by atoms with Gasteiger partial charge < -0.3 is 10.4 Å². The van der Waals surface area contributed by atoms with Crippen LogP contribution in [0.25, 0.3) is 0 Å². The van der Waals surface area contributed by atoms with Crippen LogP contribution in [-0.4, -0.2) is 48.2 Å². The number of piperidine rings is 1. The number of likely N-dealkylation sites (tertiary alicyclic amines) is 1. The van der Waals surface area contributed by atoms with Gasteiger partial charge in [0.15, 0.2) is 0 Å². The Morgan fingerprint density at radius 2 is 2.09 bits per heavy atom. The van der Waals surface area contributed by atoms with E-state index in [1.807, 2.05) is 4.90 Å². The third kappa shape index (κ3) is 5.43. The van der Waals surface area contributed by atoms with Crippen molar-refractivity contribution in [3.63, 3.8) is 0 Å². The van der Waals surface area contributed by atoms with E-state index in [2.05, 4.69) is 43.4 Å². The number of aliphatic hydroxyl groups excluding tert-OH is 1. The quantitative estimate of drug-likeness (QED) is 0.844. The van der Waals surface area contributed by atoms with E-state index in [4.69, 9.17) is 0 Å². The fraction of sp³-hybridized carbons (Fsp3) is 0.611. The largest absolute Gasteiger partial charge is 0.392 e. The summed E-state index contributed by atoms with van der Waals surface area (Å²) in [6.07, 6.45) is 2.40. The maximum atomic E-state index is 11.9. The predicted octanol–water partition coefficient (Wildman–Crippen LogP) is 1.93. The number of hydrogen-bond donors (Lipinski definition) is 2. The first-order valence-electron chi connectivity index (χ1n) is 8.30. The Morgan fingerprint density at radius 3 is 2.73 bits per heavy atom. The molecule has 1 saturated heterocycles. The van der Waals surface area contributed by atoms with Gasteiger partial charge in [0.1, 0.15) is 0 Å². The van der Waals surface area contributed by atoms with Gasteiger partial charge in [-0.2, -0.15) is 0 Å². The van der Waals surface area contributed by atoms with Crippen LogP contribution in [0.2, 0.25) is 0 Å².